The van der Waals surface area contributed by atoms with Gasteiger partial charge in [0.15, 0.2) is 16.6 Å². The Bertz CT molecular complexity index is 1150. The summed E-state index contributed by atoms with van der Waals surface area (Å²) in [7, 11) is 3.13. The largest absolute Gasteiger partial charge is 0.493 e. The summed E-state index contributed by atoms with van der Waals surface area (Å²) < 4.78 is 10.7. The van der Waals surface area contributed by atoms with Gasteiger partial charge in [-0.2, -0.15) is 0 Å². The number of fused-ring (bicyclic) bond motifs is 1. The Morgan fingerprint density at radius 1 is 1.12 bits per heavy atom. The second kappa shape index (κ2) is 11.0. The molecular weight excluding hydrogens is 426 g/mol. The van der Waals surface area contributed by atoms with Gasteiger partial charge in [-0.25, -0.2) is 0 Å². The fraction of sp³-hybridized carbons (Fsp3) is 0.333. The van der Waals surface area contributed by atoms with E-state index >= 15 is 0 Å². The van der Waals surface area contributed by atoms with Gasteiger partial charge in [0, 0.05) is 35.9 Å². The van der Waals surface area contributed by atoms with Crippen LogP contribution in [0.4, 0.5) is 5.69 Å². The normalized spacial score (nSPS) is 10.8. The van der Waals surface area contributed by atoms with Crippen LogP contribution in [-0.2, 0) is 13.0 Å². The van der Waals surface area contributed by atoms with E-state index in [-0.39, 0.29) is 12.2 Å². The van der Waals surface area contributed by atoms with E-state index in [0.717, 1.165) is 23.1 Å². The molecule has 7 nitrogen and oxygen atoms in total. The molecule has 8 heteroatoms. The Morgan fingerprint density at radius 2 is 1.84 bits per heavy atom. The third-order valence-electron chi connectivity index (χ3n) is 5.30. The van der Waals surface area contributed by atoms with Crippen molar-refractivity contribution in [1.82, 2.24) is 9.88 Å². The number of aryl methyl sites for hydroxylation is 1. The van der Waals surface area contributed by atoms with Gasteiger partial charge >= 0.3 is 0 Å². The van der Waals surface area contributed by atoms with Crippen molar-refractivity contribution in [3.63, 3.8) is 0 Å². The fourth-order valence-electron chi connectivity index (χ4n) is 3.56. The molecule has 0 bridgehead atoms. The van der Waals surface area contributed by atoms with Crippen molar-refractivity contribution in [2.45, 2.75) is 26.3 Å². The van der Waals surface area contributed by atoms with Gasteiger partial charge in [-0.3, -0.25) is 4.79 Å². The Hall–Kier alpha value is -3.10. The number of methoxy groups -OCH3 is 2. The van der Waals surface area contributed by atoms with Crippen molar-refractivity contribution in [3.05, 3.63) is 63.9 Å². The predicted octanol–water partition coefficient (Wildman–Crippen LogP) is 3.69. The molecule has 3 aromatic rings. The fourth-order valence-corrected chi connectivity index (χ4v) is 3.83. The molecule has 0 aliphatic carbocycles. The number of benzene rings is 2. The first-order valence-electron chi connectivity index (χ1n) is 10.5. The number of H-pyrrole nitrogens is 1. The van der Waals surface area contributed by atoms with Crippen LogP contribution in [0.15, 0.2) is 47.3 Å². The number of nitrogens with one attached hydrogen (secondary N) is 2. The number of aliphatic hydroxyl groups is 1. The summed E-state index contributed by atoms with van der Waals surface area (Å²) in [5.41, 5.74) is 3.13. The minimum absolute atomic E-state index is 0.0374. The highest BCUT2D eigenvalue weighted by atomic mass is 32.1. The zero-order valence-corrected chi connectivity index (χ0v) is 19.4. The Kier molecular flexibility index (Phi) is 8.08. The molecule has 0 aliphatic heterocycles. The number of para-hydroxylation sites is 1. The van der Waals surface area contributed by atoms with Crippen molar-refractivity contribution in [2.75, 3.05) is 32.7 Å². The van der Waals surface area contributed by atoms with Gasteiger partial charge in [-0.1, -0.05) is 25.1 Å². The van der Waals surface area contributed by atoms with Crippen molar-refractivity contribution in [2.24, 2.45) is 0 Å². The minimum atomic E-state index is -0.199. The monoisotopic (exact) mass is 455 g/mol. The molecule has 3 rings (SSSR count). The molecule has 32 heavy (non-hydrogen) atoms. The lowest BCUT2D eigenvalue weighted by atomic mass is 10.1. The summed E-state index contributed by atoms with van der Waals surface area (Å²) in [4.78, 5) is 17.6. The van der Waals surface area contributed by atoms with Gasteiger partial charge in [-0.05, 0) is 48.8 Å². The molecule has 2 aromatic carbocycles. The molecule has 1 aromatic heterocycles. The lowest BCUT2D eigenvalue weighted by Gasteiger charge is -2.26. The summed E-state index contributed by atoms with van der Waals surface area (Å²) in [5, 5.41) is 14.0. The molecule has 0 unspecified atom stereocenters. The highest BCUT2D eigenvalue weighted by molar-refractivity contribution is 7.80. The molecule has 0 aliphatic rings. The maximum atomic E-state index is 12.8. The van der Waals surface area contributed by atoms with E-state index in [4.69, 9.17) is 21.7 Å². The van der Waals surface area contributed by atoms with E-state index in [9.17, 15) is 9.90 Å². The number of aromatic nitrogens is 1. The summed E-state index contributed by atoms with van der Waals surface area (Å²) in [6.45, 7) is 2.94. The maximum absolute atomic E-state index is 12.8. The molecule has 0 spiro atoms. The standard InChI is InChI=1S/C24H29N3O4S/c1-4-16-8-5-6-9-19(16)26-24(32)27(10-7-11-28)15-18-12-17-13-21(30-2)22(31-3)14-20(17)25-23(18)29/h5-6,8-9,12-14,28H,4,7,10-11,15H2,1-3H3,(H,25,29)(H,26,32). The van der Waals surface area contributed by atoms with Crippen LogP contribution in [-0.4, -0.2) is 47.5 Å². The van der Waals surface area contributed by atoms with Crippen molar-refractivity contribution in [3.8, 4) is 11.5 Å². The number of rotatable bonds is 9. The van der Waals surface area contributed by atoms with Crippen LogP contribution in [0.2, 0.25) is 0 Å². The second-order valence-corrected chi connectivity index (χ2v) is 7.74. The summed E-state index contributed by atoms with van der Waals surface area (Å²) in [5.74, 6) is 1.14. The molecule has 0 radical (unpaired) electrons. The van der Waals surface area contributed by atoms with Crippen LogP contribution >= 0.6 is 12.2 Å². The van der Waals surface area contributed by atoms with Gasteiger partial charge in [0.25, 0.3) is 5.56 Å². The van der Waals surface area contributed by atoms with E-state index in [1.165, 1.54) is 0 Å². The number of aromatic amines is 1. The van der Waals surface area contributed by atoms with E-state index in [2.05, 4.69) is 23.3 Å². The van der Waals surface area contributed by atoms with Crippen LogP contribution in [0.3, 0.4) is 0 Å². The number of thiocarbonyl (C=S) groups is 1. The Labute approximate surface area is 193 Å². The minimum Gasteiger partial charge on any atom is -0.493 e. The van der Waals surface area contributed by atoms with E-state index in [0.29, 0.717) is 47.2 Å². The first-order chi connectivity index (χ1) is 15.5. The molecule has 0 saturated carbocycles. The number of hydrogen-bond donors (Lipinski definition) is 3. The van der Waals surface area contributed by atoms with Gasteiger partial charge in [0.1, 0.15) is 0 Å². The van der Waals surface area contributed by atoms with Crippen molar-refractivity contribution < 1.29 is 14.6 Å². The summed E-state index contributed by atoms with van der Waals surface area (Å²) in [6.07, 6.45) is 1.41. The van der Waals surface area contributed by atoms with E-state index < -0.39 is 0 Å². The number of anilines is 1. The Morgan fingerprint density at radius 3 is 2.53 bits per heavy atom. The molecule has 1 heterocycles. The van der Waals surface area contributed by atoms with Crippen molar-refractivity contribution >= 4 is 33.9 Å². The molecule has 0 fully saturated rings. The first kappa shape index (κ1) is 23.6. The predicted molar refractivity (Wildman–Crippen MR) is 132 cm³/mol. The average molecular weight is 456 g/mol. The van der Waals surface area contributed by atoms with Gasteiger partial charge in [-0.15, -0.1) is 0 Å². The molecule has 0 saturated heterocycles. The van der Waals surface area contributed by atoms with Gasteiger partial charge in [0.05, 0.1) is 26.3 Å². The van der Waals surface area contributed by atoms with Gasteiger partial charge in [0.2, 0.25) is 0 Å². The second-order valence-electron chi connectivity index (χ2n) is 7.36. The van der Waals surface area contributed by atoms with Crippen LogP contribution in [0.25, 0.3) is 10.9 Å². The summed E-state index contributed by atoms with van der Waals surface area (Å²) in [6, 6.07) is 13.4. The highest BCUT2D eigenvalue weighted by Crippen LogP contribution is 2.31. The SMILES string of the molecule is CCc1ccccc1NC(=S)N(CCCO)Cc1cc2cc(OC)c(OC)cc2[nH]c1=O. The third kappa shape index (κ3) is 5.38. The van der Waals surface area contributed by atoms with E-state index in [1.807, 2.05) is 35.2 Å². The van der Waals surface area contributed by atoms with Crippen LogP contribution in [0, 0.1) is 0 Å². The zero-order valence-electron chi connectivity index (χ0n) is 18.6. The third-order valence-corrected chi connectivity index (χ3v) is 5.66. The average Bonchev–Trinajstić information content (AvgIpc) is 2.81. The lowest BCUT2D eigenvalue weighted by molar-refractivity contribution is 0.265. The zero-order chi connectivity index (χ0) is 23.1. The number of aliphatic hydroxyl groups excluding tert-OH is 1. The van der Waals surface area contributed by atoms with Crippen LogP contribution < -0.4 is 20.3 Å². The highest BCUT2D eigenvalue weighted by Gasteiger charge is 2.15. The number of hydrogen-bond acceptors (Lipinski definition) is 5. The smallest absolute Gasteiger partial charge is 0.253 e. The lowest BCUT2D eigenvalue weighted by Crippen LogP contribution is -2.37. The first-order valence-corrected chi connectivity index (χ1v) is 10.9. The molecule has 0 atom stereocenters. The molecule has 3 N–H and O–H groups in total. The van der Waals surface area contributed by atoms with Crippen LogP contribution in [0.1, 0.15) is 24.5 Å². The quantitative estimate of drug-likeness (QED) is 0.424. The van der Waals surface area contributed by atoms with E-state index in [1.54, 1.807) is 20.3 Å². The molecule has 0 amide bonds. The van der Waals surface area contributed by atoms with Crippen molar-refractivity contribution in [1.29, 1.82) is 0 Å². The maximum Gasteiger partial charge on any atom is 0.253 e. The number of pyridine rings is 1. The number of nitrogens with zero attached hydrogens (tertiary/aromatic N) is 1. The number of ether oxygens (including phenoxy) is 2. The molecular formula is C24H29N3O4S. The van der Waals surface area contributed by atoms with Gasteiger partial charge < -0.3 is 29.8 Å². The van der Waals surface area contributed by atoms with Crippen LogP contribution in [0.5, 0.6) is 11.5 Å². The Balaban J connectivity index is 1.91. The molecule has 170 valence electrons. The summed E-state index contributed by atoms with van der Waals surface area (Å²) >= 11 is 5.67. The topological polar surface area (TPSA) is 86.8 Å².